The molecule has 296 valence electrons. The Kier molecular flexibility index (Phi) is 10.7. The second-order valence-electron chi connectivity index (χ2n) is 15.7. The van der Waals surface area contributed by atoms with Crippen LogP contribution in [0.25, 0.3) is 55.8 Å². The highest BCUT2D eigenvalue weighted by atomic mass is 15.1. The maximum absolute atomic E-state index is 3.98. The van der Waals surface area contributed by atoms with Gasteiger partial charge in [0.1, 0.15) is 0 Å². The number of benzene rings is 9. The van der Waals surface area contributed by atoms with Gasteiger partial charge < -0.3 is 9.80 Å². The van der Waals surface area contributed by atoms with Gasteiger partial charge in [0, 0.05) is 34.1 Å². The lowest BCUT2D eigenvalue weighted by Crippen LogP contribution is -2.10. The number of hydrogen-bond donors (Lipinski definition) is 0. The van der Waals surface area contributed by atoms with E-state index in [1.165, 1.54) is 44.2 Å². The number of rotatable bonds is 11. The standard InChI is InChI=1S/C60H46N2/c1-2-44-20-32-53(33-21-44)61(58-42-30-52(31-43-58)60-19-11-17-51-16-9-10-18-59(51)60)54-38-26-49(27-39-54)50-28-40-57(41-29-50)62(55-34-22-47(23-35-55)45-12-5-3-6-13-45)56-36-24-48(25-37-56)46-14-7-4-8-15-46/h2-3,5-7,9-43H,1,4,8H2. The van der Waals surface area contributed by atoms with Crippen molar-refractivity contribution in [1.29, 1.82) is 0 Å². The monoisotopic (exact) mass is 794 g/mol. The molecule has 0 atom stereocenters. The van der Waals surface area contributed by atoms with Crippen LogP contribution >= 0.6 is 0 Å². The van der Waals surface area contributed by atoms with Crippen molar-refractivity contribution in [3.05, 3.63) is 254 Å². The van der Waals surface area contributed by atoms with Gasteiger partial charge >= 0.3 is 0 Å². The Morgan fingerprint density at radius 3 is 1.26 bits per heavy atom. The van der Waals surface area contributed by atoms with Crippen molar-refractivity contribution in [1.82, 2.24) is 0 Å². The zero-order valence-electron chi connectivity index (χ0n) is 34.6. The predicted octanol–water partition coefficient (Wildman–Crippen LogP) is 17.2. The number of anilines is 6. The van der Waals surface area contributed by atoms with E-state index >= 15 is 0 Å². The molecule has 0 bridgehead atoms. The molecule has 0 saturated heterocycles. The van der Waals surface area contributed by atoms with Crippen molar-refractivity contribution < 1.29 is 0 Å². The molecular weight excluding hydrogens is 749 g/mol. The Labute approximate surface area is 365 Å². The lowest BCUT2D eigenvalue weighted by atomic mass is 9.98. The molecule has 0 unspecified atom stereocenters. The Hall–Kier alpha value is -7.94. The molecule has 9 aromatic carbocycles. The second-order valence-corrected chi connectivity index (χ2v) is 15.7. The van der Waals surface area contributed by atoms with E-state index in [2.05, 4.69) is 253 Å². The molecule has 1 aliphatic rings. The molecule has 9 aromatic rings. The van der Waals surface area contributed by atoms with Crippen molar-refractivity contribution in [3.8, 4) is 33.4 Å². The maximum atomic E-state index is 3.98. The summed E-state index contributed by atoms with van der Waals surface area (Å²) in [4.78, 5) is 4.66. The smallest absolute Gasteiger partial charge is 0.0462 e. The topological polar surface area (TPSA) is 6.48 Å². The summed E-state index contributed by atoms with van der Waals surface area (Å²) in [6, 6.07) is 78.9. The van der Waals surface area contributed by atoms with Crippen LogP contribution in [0.2, 0.25) is 0 Å². The largest absolute Gasteiger partial charge is 0.311 e. The highest BCUT2D eigenvalue weighted by molar-refractivity contribution is 5.97. The first-order valence-corrected chi connectivity index (χ1v) is 21.4. The van der Waals surface area contributed by atoms with Gasteiger partial charge in [-0.15, -0.1) is 0 Å². The highest BCUT2D eigenvalue weighted by Crippen LogP contribution is 2.40. The average Bonchev–Trinajstić information content (AvgIpc) is 3.36. The van der Waals surface area contributed by atoms with E-state index in [1.54, 1.807) is 0 Å². The minimum absolute atomic E-state index is 1.09. The fourth-order valence-electron chi connectivity index (χ4n) is 8.59. The third kappa shape index (κ3) is 7.90. The molecule has 2 nitrogen and oxygen atoms in total. The molecule has 0 aromatic heterocycles. The molecule has 62 heavy (non-hydrogen) atoms. The quantitative estimate of drug-likeness (QED) is 0.129. The first-order chi connectivity index (χ1) is 30.7. The van der Waals surface area contributed by atoms with Crippen molar-refractivity contribution in [3.63, 3.8) is 0 Å². The second kappa shape index (κ2) is 17.3. The summed E-state index contributed by atoms with van der Waals surface area (Å²) in [6.07, 6.45) is 10.9. The van der Waals surface area contributed by atoms with Crippen LogP contribution in [-0.4, -0.2) is 0 Å². The van der Waals surface area contributed by atoms with Crippen LogP contribution in [0.5, 0.6) is 0 Å². The van der Waals surface area contributed by atoms with Gasteiger partial charge in [-0.25, -0.2) is 0 Å². The molecule has 2 heteroatoms. The van der Waals surface area contributed by atoms with Gasteiger partial charge in [0.2, 0.25) is 0 Å². The molecule has 0 N–H and O–H groups in total. The summed E-state index contributed by atoms with van der Waals surface area (Å²) in [6.45, 7) is 3.98. The summed E-state index contributed by atoms with van der Waals surface area (Å²) in [5.74, 6) is 0. The minimum atomic E-state index is 1.09. The van der Waals surface area contributed by atoms with Gasteiger partial charge in [0.05, 0.1) is 0 Å². The molecular formula is C60H46N2. The van der Waals surface area contributed by atoms with E-state index in [1.807, 2.05) is 6.08 Å². The normalized spacial score (nSPS) is 12.2. The van der Waals surface area contributed by atoms with E-state index in [4.69, 9.17) is 0 Å². The summed E-state index contributed by atoms with van der Waals surface area (Å²) >= 11 is 0. The average molecular weight is 795 g/mol. The molecule has 0 fully saturated rings. The van der Waals surface area contributed by atoms with Crippen LogP contribution < -0.4 is 9.80 Å². The third-order valence-electron chi connectivity index (χ3n) is 11.9. The van der Waals surface area contributed by atoms with E-state index < -0.39 is 0 Å². The van der Waals surface area contributed by atoms with Crippen LogP contribution in [0.4, 0.5) is 34.1 Å². The first-order valence-electron chi connectivity index (χ1n) is 21.4. The van der Waals surface area contributed by atoms with Crippen molar-refractivity contribution in [2.45, 2.75) is 12.8 Å². The summed E-state index contributed by atoms with van der Waals surface area (Å²) in [5.41, 5.74) is 17.4. The Balaban J connectivity index is 0.955. The van der Waals surface area contributed by atoms with Gasteiger partial charge in [-0.1, -0.05) is 176 Å². The van der Waals surface area contributed by atoms with E-state index in [0.717, 1.165) is 63.7 Å². The van der Waals surface area contributed by atoms with Gasteiger partial charge in [-0.05, 0) is 146 Å². The van der Waals surface area contributed by atoms with Crippen LogP contribution in [0.3, 0.4) is 0 Å². The Morgan fingerprint density at radius 2 is 0.774 bits per heavy atom. The molecule has 0 radical (unpaired) electrons. The highest BCUT2D eigenvalue weighted by Gasteiger charge is 2.16. The fraction of sp³-hybridized carbons (Fsp3) is 0.0333. The number of nitrogens with zero attached hydrogens (tertiary/aromatic N) is 2. The summed E-state index contributed by atoms with van der Waals surface area (Å²) in [7, 11) is 0. The zero-order chi connectivity index (χ0) is 41.7. The van der Waals surface area contributed by atoms with Crippen LogP contribution in [0.1, 0.15) is 24.0 Å². The predicted molar refractivity (Wildman–Crippen MR) is 266 cm³/mol. The molecule has 10 rings (SSSR count). The van der Waals surface area contributed by atoms with Crippen molar-refractivity contribution in [2.24, 2.45) is 0 Å². The summed E-state index contributed by atoms with van der Waals surface area (Å²) < 4.78 is 0. The molecule has 0 saturated carbocycles. The van der Waals surface area contributed by atoms with Crippen molar-refractivity contribution in [2.75, 3.05) is 9.80 Å². The van der Waals surface area contributed by atoms with Gasteiger partial charge in [0.15, 0.2) is 0 Å². The lowest BCUT2D eigenvalue weighted by Gasteiger charge is -2.27. The minimum Gasteiger partial charge on any atom is -0.311 e. The van der Waals surface area contributed by atoms with E-state index in [9.17, 15) is 0 Å². The van der Waals surface area contributed by atoms with Crippen molar-refractivity contribution >= 4 is 56.5 Å². The summed E-state index contributed by atoms with van der Waals surface area (Å²) in [5, 5.41) is 2.50. The first kappa shape index (κ1) is 38.3. The maximum Gasteiger partial charge on any atom is 0.0462 e. The zero-order valence-corrected chi connectivity index (χ0v) is 34.6. The van der Waals surface area contributed by atoms with Crippen LogP contribution in [0.15, 0.2) is 243 Å². The fourth-order valence-corrected chi connectivity index (χ4v) is 8.59. The van der Waals surface area contributed by atoms with Crippen LogP contribution in [-0.2, 0) is 0 Å². The number of fused-ring (bicyclic) bond motifs is 1. The van der Waals surface area contributed by atoms with Gasteiger partial charge in [-0.3, -0.25) is 0 Å². The molecule has 0 aliphatic heterocycles. The Bertz CT molecular complexity index is 3010. The van der Waals surface area contributed by atoms with E-state index in [0.29, 0.717) is 0 Å². The third-order valence-corrected chi connectivity index (χ3v) is 11.9. The van der Waals surface area contributed by atoms with Crippen LogP contribution in [0, 0.1) is 0 Å². The molecule has 0 heterocycles. The van der Waals surface area contributed by atoms with Gasteiger partial charge in [-0.2, -0.15) is 0 Å². The lowest BCUT2D eigenvalue weighted by molar-refractivity contribution is 1.04. The Morgan fingerprint density at radius 1 is 0.355 bits per heavy atom. The van der Waals surface area contributed by atoms with Gasteiger partial charge in [0.25, 0.3) is 0 Å². The van der Waals surface area contributed by atoms with E-state index in [-0.39, 0.29) is 0 Å². The molecule has 0 amide bonds. The number of hydrogen-bond acceptors (Lipinski definition) is 2. The SMILES string of the molecule is C=Cc1ccc(N(c2ccc(-c3ccc(N(c4ccc(C5=CCCC=C5)cc4)c4ccc(-c5ccccc5)cc4)cc3)cc2)c2ccc(-c3cccc4ccccc34)cc2)cc1. The number of allylic oxidation sites excluding steroid dienone is 4. The molecule has 1 aliphatic carbocycles. The molecule has 0 spiro atoms.